The van der Waals surface area contributed by atoms with Crippen LogP contribution in [0.3, 0.4) is 0 Å². The van der Waals surface area contributed by atoms with Crippen LogP contribution in [0.5, 0.6) is 0 Å². The maximum atomic E-state index is 11.5. The van der Waals surface area contributed by atoms with Crippen molar-refractivity contribution in [3.63, 3.8) is 0 Å². The Hall–Kier alpha value is -1.97. The molecule has 0 aromatic rings. The van der Waals surface area contributed by atoms with E-state index in [4.69, 9.17) is 0 Å². The molecule has 0 radical (unpaired) electrons. The number of ketones is 1. The van der Waals surface area contributed by atoms with E-state index in [-0.39, 0.29) is 5.71 Å². The third kappa shape index (κ3) is 1.52. The number of hydrogen-bond donors (Lipinski definition) is 0. The molecule has 0 N–H and O–H groups in total. The molecule has 16 heavy (non-hydrogen) atoms. The first-order valence-corrected chi connectivity index (χ1v) is 5.04. The molecule has 0 saturated carbocycles. The molecule has 0 bridgehead atoms. The summed E-state index contributed by atoms with van der Waals surface area (Å²) in [5, 5.41) is 5.77. The molecule has 0 unspecified atom stereocenters. The zero-order valence-corrected chi connectivity index (χ0v) is 9.23. The summed E-state index contributed by atoms with van der Waals surface area (Å²) in [6.07, 6.45) is 6.81. The molecule has 0 atom stereocenters. The van der Waals surface area contributed by atoms with Gasteiger partial charge in [-0.25, -0.2) is 0 Å². The van der Waals surface area contributed by atoms with Crippen molar-refractivity contribution in [3.05, 3.63) is 35.1 Å². The molecule has 0 spiro atoms. The predicted octanol–water partition coefficient (Wildman–Crippen LogP) is 1.22. The Bertz CT molecular complexity index is 481. The van der Waals surface area contributed by atoms with Gasteiger partial charge in [-0.2, -0.15) is 5.10 Å². The van der Waals surface area contributed by atoms with Crippen LogP contribution >= 0.6 is 0 Å². The van der Waals surface area contributed by atoms with Gasteiger partial charge in [-0.05, 0) is 18.9 Å². The van der Waals surface area contributed by atoms with Crippen LogP contribution in [0.2, 0.25) is 0 Å². The molecule has 2 aliphatic rings. The minimum Gasteiger partial charge on any atom is -0.294 e. The molecule has 0 aromatic heterocycles. The van der Waals surface area contributed by atoms with Gasteiger partial charge in [0, 0.05) is 18.3 Å². The minimum atomic E-state index is -0.571. The van der Waals surface area contributed by atoms with Crippen molar-refractivity contribution in [3.8, 4) is 0 Å². The molecule has 4 nitrogen and oxygen atoms in total. The van der Waals surface area contributed by atoms with Crippen LogP contribution in [0.25, 0.3) is 0 Å². The average Bonchev–Trinajstić information content (AvgIpc) is 2.33. The van der Waals surface area contributed by atoms with E-state index < -0.39 is 5.78 Å². The highest BCUT2D eigenvalue weighted by Crippen LogP contribution is 2.29. The van der Waals surface area contributed by atoms with E-state index in [1.807, 2.05) is 25.2 Å². The fraction of sp³-hybridized carbons (Fsp3) is 0.250. The zero-order chi connectivity index (χ0) is 11.7. The normalized spacial score (nSPS) is 19.0. The van der Waals surface area contributed by atoms with Crippen LogP contribution in [-0.2, 0) is 9.59 Å². The Labute approximate surface area is 93.6 Å². The second kappa shape index (κ2) is 3.89. The van der Waals surface area contributed by atoms with Gasteiger partial charge in [-0.3, -0.25) is 14.6 Å². The number of carbonyl (C=O) groups excluding carboxylic acids is 2. The molecule has 0 aromatic carbocycles. The number of hydrogen-bond acceptors (Lipinski definition) is 4. The first-order chi connectivity index (χ1) is 7.65. The molecule has 2 rings (SSSR count). The van der Waals surface area contributed by atoms with Crippen LogP contribution in [0.1, 0.15) is 13.3 Å². The summed E-state index contributed by atoms with van der Waals surface area (Å²) in [7, 11) is 1.77. The molecule has 0 saturated heterocycles. The highest BCUT2D eigenvalue weighted by molar-refractivity contribution is 6.63. The summed E-state index contributed by atoms with van der Waals surface area (Å²) >= 11 is 0. The second-order valence-electron chi connectivity index (χ2n) is 3.73. The number of allylic oxidation sites excluding steroid dienone is 6. The van der Waals surface area contributed by atoms with Crippen molar-refractivity contribution in [2.45, 2.75) is 13.3 Å². The van der Waals surface area contributed by atoms with Crippen LogP contribution in [-0.4, -0.2) is 29.8 Å². The van der Waals surface area contributed by atoms with Crippen LogP contribution in [0.4, 0.5) is 0 Å². The molecular formula is C12H12N2O2. The summed E-state index contributed by atoms with van der Waals surface area (Å²) < 4.78 is 0. The lowest BCUT2D eigenvalue weighted by Gasteiger charge is -2.27. The zero-order valence-electron chi connectivity index (χ0n) is 9.23. The van der Waals surface area contributed by atoms with Crippen molar-refractivity contribution in [2.75, 3.05) is 7.05 Å². The summed E-state index contributed by atoms with van der Waals surface area (Å²) in [6, 6.07) is 0. The molecule has 0 amide bonds. The van der Waals surface area contributed by atoms with Gasteiger partial charge < -0.3 is 0 Å². The third-order valence-corrected chi connectivity index (χ3v) is 2.81. The minimum absolute atomic E-state index is 0.238. The predicted molar refractivity (Wildman–Crippen MR) is 60.8 cm³/mol. The molecule has 1 aliphatic heterocycles. The summed E-state index contributed by atoms with van der Waals surface area (Å²) in [5.74, 6) is -0.571. The Kier molecular flexibility index (Phi) is 2.56. The van der Waals surface area contributed by atoms with Gasteiger partial charge in [0.05, 0.1) is 0 Å². The molecule has 0 fully saturated rings. The smallest absolute Gasteiger partial charge is 0.246 e. The van der Waals surface area contributed by atoms with Gasteiger partial charge in [0.2, 0.25) is 5.78 Å². The number of fused-ring (bicyclic) bond motifs is 1. The Morgan fingerprint density at radius 2 is 2.31 bits per heavy atom. The number of rotatable bonds is 2. The quantitative estimate of drug-likeness (QED) is 0.515. The van der Waals surface area contributed by atoms with E-state index >= 15 is 0 Å². The molecule has 4 heteroatoms. The van der Waals surface area contributed by atoms with Crippen LogP contribution in [0, 0.1) is 0 Å². The topological polar surface area (TPSA) is 49.7 Å². The average molecular weight is 216 g/mol. The van der Waals surface area contributed by atoms with Crippen molar-refractivity contribution in [1.82, 2.24) is 5.01 Å². The number of nitrogens with zero attached hydrogens (tertiary/aromatic N) is 2. The molecule has 1 heterocycles. The van der Waals surface area contributed by atoms with Crippen LogP contribution in [0.15, 0.2) is 40.2 Å². The second-order valence-corrected chi connectivity index (χ2v) is 3.73. The van der Waals surface area contributed by atoms with Crippen molar-refractivity contribution >= 4 is 17.8 Å². The van der Waals surface area contributed by atoms with E-state index in [2.05, 4.69) is 5.10 Å². The SMILES string of the molecule is CC1=C2CC=CC=C2C(C(=O)C=O)=NN1C. The number of Topliss-reactive ketones (excluding diaryl/α,β-unsaturated/α-hetero) is 1. The molecule has 1 aliphatic carbocycles. The number of carbonyl (C=O) groups is 2. The highest BCUT2D eigenvalue weighted by Gasteiger charge is 2.26. The monoisotopic (exact) mass is 216 g/mol. The van der Waals surface area contributed by atoms with Gasteiger partial charge in [0.1, 0.15) is 5.71 Å². The van der Waals surface area contributed by atoms with Gasteiger partial charge in [-0.1, -0.05) is 18.2 Å². The standard InChI is InChI=1S/C12H12N2O2/c1-8-9-5-3-4-6-10(9)12(11(16)7-15)13-14(8)2/h3-4,6-7H,5H2,1-2H3. The van der Waals surface area contributed by atoms with Gasteiger partial charge >= 0.3 is 0 Å². The maximum Gasteiger partial charge on any atom is 0.246 e. The molecule has 82 valence electrons. The summed E-state index contributed by atoms with van der Waals surface area (Å²) in [6.45, 7) is 1.95. The fourth-order valence-corrected chi connectivity index (χ4v) is 1.84. The van der Waals surface area contributed by atoms with Crippen molar-refractivity contribution < 1.29 is 9.59 Å². The molecular weight excluding hydrogens is 204 g/mol. The van der Waals surface area contributed by atoms with Gasteiger partial charge in [0.25, 0.3) is 0 Å². The van der Waals surface area contributed by atoms with E-state index in [0.717, 1.165) is 23.3 Å². The fourth-order valence-electron chi connectivity index (χ4n) is 1.84. The Balaban J connectivity index is 2.53. The Morgan fingerprint density at radius 3 is 3.00 bits per heavy atom. The Morgan fingerprint density at radius 1 is 1.56 bits per heavy atom. The number of hydrazone groups is 1. The summed E-state index contributed by atoms with van der Waals surface area (Å²) in [4.78, 5) is 22.0. The van der Waals surface area contributed by atoms with Crippen molar-refractivity contribution in [1.29, 1.82) is 0 Å². The van der Waals surface area contributed by atoms with E-state index in [1.54, 1.807) is 12.1 Å². The first-order valence-electron chi connectivity index (χ1n) is 5.04. The lowest BCUT2D eigenvalue weighted by molar-refractivity contribution is -0.125. The van der Waals surface area contributed by atoms with E-state index in [9.17, 15) is 9.59 Å². The third-order valence-electron chi connectivity index (χ3n) is 2.81. The highest BCUT2D eigenvalue weighted by atomic mass is 16.2. The summed E-state index contributed by atoms with van der Waals surface area (Å²) in [5.41, 5.74) is 3.08. The van der Waals surface area contributed by atoms with Gasteiger partial charge in [-0.15, -0.1) is 0 Å². The number of aldehydes is 1. The first kappa shape index (κ1) is 10.5. The van der Waals surface area contributed by atoms with E-state index in [0.29, 0.717) is 6.29 Å². The lowest BCUT2D eigenvalue weighted by atomic mass is 9.90. The van der Waals surface area contributed by atoms with Crippen molar-refractivity contribution in [2.24, 2.45) is 5.10 Å². The van der Waals surface area contributed by atoms with Crippen LogP contribution < -0.4 is 0 Å². The van der Waals surface area contributed by atoms with Gasteiger partial charge in [0.15, 0.2) is 6.29 Å². The largest absolute Gasteiger partial charge is 0.294 e. The van der Waals surface area contributed by atoms with E-state index in [1.165, 1.54) is 0 Å². The maximum absolute atomic E-state index is 11.5. The lowest BCUT2D eigenvalue weighted by Crippen LogP contribution is -2.29.